The maximum atomic E-state index is 11.9. The van der Waals surface area contributed by atoms with E-state index in [-0.39, 0.29) is 11.7 Å². The third-order valence-corrected chi connectivity index (χ3v) is 3.96. The van der Waals surface area contributed by atoms with E-state index in [0.717, 1.165) is 19.3 Å². The van der Waals surface area contributed by atoms with E-state index in [0.29, 0.717) is 11.8 Å². The molecule has 3 heteroatoms. The molecule has 0 aromatic carbocycles. The molecule has 1 atom stereocenters. The lowest BCUT2D eigenvalue weighted by Gasteiger charge is -2.41. The zero-order valence-corrected chi connectivity index (χ0v) is 8.65. The molecule has 0 N–H and O–H groups in total. The van der Waals surface area contributed by atoms with Crippen molar-refractivity contribution in [1.29, 1.82) is 10.5 Å². The molecule has 3 rings (SSSR count). The summed E-state index contributed by atoms with van der Waals surface area (Å²) in [7, 11) is 0. The van der Waals surface area contributed by atoms with Crippen LogP contribution < -0.4 is 0 Å². The van der Waals surface area contributed by atoms with Gasteiger partial charge in [-0.3, -0.25) is 4.79 Å². The Kier molecular flexibility index (Phi) is 2.73. The minimum atomic E-state index is -1.03. The summed E-state index contributed by atoms with van der Waals surface area (Å²) in [4.78, 5) is 11.9. The standard InChI is InChI=1S/C12H14N2O/c13-6-10(7-14)12(15)11-5-8-1-3-9(11)4-2-8/h8-11H,1-5H2. The Bertz CT molecular complexity index is 328. The molecule has 1 unspecified atom stereocenters. The fraction of sp³-hybridized carbons (Fsp3) is 0.750. The van der Waals surface area contributed by atoms with Crippen molar-refractivity contribution in [1.82, 2.24) is 0 Å². The number of rotatable bonds is 2. The number of ketones is 1. The molecule has 0 spiro atoms. The van der Waals surface area contributed by atoms with Crippen molar-refractivity contribution in [3.8, 4) is 12.1 Å². The molecular formula is C12H14N2O. The van der Waals surface area contributed by atoms with E-state index in [9.17, 15) is 4.79 Å². The average Bonchev–Trinajstić information content (AvgIpc) is 2.32. The summed E-state index contributed by atoms with van der Waals surface area (Å²) in [6, 6.07) is 3.60. The zero-order chi connectivity index (χ0) is 10.8. The van der Waals surface area contributed by atoms with Crippen LogP contribution in [0.4, 0.5) is 0 Å². The van der Waals surface area contributed by atoms with E-state index in [2.05, 4.69) is 0 Å². The summed E-state index contributed by atoms with van der Waals surface area (Å²) in [6.45, 7) is 0. The maximum absolute atomic E-state index is 11.9. The van der Waals surface area contributed by atoms with Gasteiger partial charge < -0.3 is 0 Å². The van der Waals surface area contributed by atoms with E-state index in [4.69, 9.17) is 10.5 Å². The van der Waals surface area contributed by atoms with E-state index in [1.54, 1.807) is 12.1 Å². The smallest absolute Gasteiger partial charge is 0.191 e. The SMILES string of the molecule is N#CC(C#N)C(=O)C1CC2CCC1CC2. The first kappa shape index (κ1) is 10.2. The molecule has 3 aliphatic carbocycles. The van der Waals surface area contributed by atoms with Crippen molar-refractivity contribution in [2.45, 2.75) is 32.1 Å². The summed E-state index contributed by atoms with van der Waals surface area (Å²) < 4.78 is 0. The monoisotopic (exact) mass is 202 g/mol. The van der Waals surface area contributed by atoms with Crippen LogP contribution in [0.2, 0.25) is 0 Å². The van der Waals surface area contributed by atoms with Gasteiger partial charge in [-0.05, 0) is 31.1 Å². The van der Waals surface area contributed by atoms with E-state index in [1.807, 2.05) is 0 Å². The Balaban J connectivity index is 2.09. The van der Waals surface area contributed by atoms with Crippen LogP contribution in [0.3, 0.4) is 0 Å². The van der Waals surface area contributed by atoms with Crippen LogP contribution in [-0.2, 0) is 4.79 Å². The minimum Gasteiger partial charge on any atom is -0.297 e. The number of hydrogen-bond donors (Lipinski definition) is 0. The number of fused-ring (bicyclic) bond motifs is 3. The van der Waals surface area contributed by atoms with Crippen molar-refractivity contribution in [3.05, 3.63) is 0 Å². The van der Waals surface area contributed by atoms with Gasteiger partial charge >= 0.3 is 0 Å². The van der Waals surface area contributed by atoms with Gasteiger partial charge in [-0.25, -0.2) is 0 Å². The normalized spacial score (nSPS) is 33.4. The fourth-order valence-corrected chi connectivity index (χ4v) is 3.10. The van der Waals surface area contributed by atoms with Gasteiger partial charge in [0.05, 0.1) is 12.1 Å². The largest absolute Gasteiger partial charge is 0.297 e. The number of nitrogens with zero attached hydrogens (tertiary/aromatic N) is 2. The predicted molar refractivity (Wildman–Crippen MR) is 53.3 cm³/mol. The molecule has 0 radical (unpaired) electrons. The first-order valence-corrected chi connectivity index (χ1v) is 5.59. The van der Waals surface area contributed by atoms with Crippen LogP contribution >= 0.6 is 0 Å². The first-order valence-electron chi connectivity index (χ1n) is 5.59. The van der Waals surface area contributed by atoms with Crippen LogP contribution in [0.15, 0.2) is 0 Å². The van der Waals surface area contributed by atoms with Crippen molar-refractivity contribution < 1.29 is 4.79 Å². The lowest BCUT2D eigenvalue weighted by molar-refractivity contribution is -0.129. The summed E-state index contributed by atoms with van der Waals surface area (Å²) >= 11 is 0. The molecule has 0 amide bonds. The summed E-state index contributed by atoms with van der Waals surface area (Å²) in [5, 5.41) is 17.4. The summed E-state index contributed by atoms with van der Waals surface area (Å²) in [5.74, 6) is -0.0285. The molecular weight excluding hydrogens is 188 g/mol. The Morgan fingerprint density at radius 1 is 1.13 bits per heavy atom. The van der Waals surface area contributed by atoms with Crippen molar-refractivity contribution in [2.24, 2.45) is 23.7 Å². The molecule has 3 saturated carbocycles. The Morgan fingerprint density at radius 2 is 1.73 bits per heavy atom. The third-order valence-electron chi connectivity index (χ3n) is 3.96. The third kappa shape index (κ3) is 1.75. The Morgan fingerprint density at radius 3 is 2.13 bits per heavy atom. The molecule has 3 nitrogen and oxygen atoms in total. The Labute approximate surface area is 89.7 Å². The highest BCUT2D eigenvalue weighted by atomic mass is 16.1. The first-order chi connectivity index (χ1) is 7.26. The molecule has 0 aromatic heterocycles. The number of hydrogen-bond acceptors (Lipinski definition) is 3. The highest BCUT2D eigenvalue weighted by molar-refractivity contribution is 5.88. The van der Waals surface area contributed by atoms with E-state index < -0.39 is 5.92 Å². The molecule has 15 heavy (non-hydrogen) atoms. The maximum Gasteiger partial charge on any atom is 0.191 e. The second kappa shape index (κ2) is 4.03. The molecule has 3 aliphatic rings. The van der Waals surface area contributed by atoms with Gasteiger partial charge in [-0.1, -0.05) is 12.8 Å². The number of nitriles is 2. The van der Waals surface area contributed by atoms with Crippen molar-refractivity contribution in [2.75, 3.05) is 0 Å². The highest BCUT2D eigenvalue weighted by Crippen LogP contribution is 2.45. The lowest BCUT2D eigenvalue weighted by Crippen LogP contribution is -2.38. The number of Topliss-reactive ketones (excluding diaryl/α,β-unsaturated/α-hetero) is 1. The average molecular weight is 202 g/mol. The molecule has 78 valence electrons. The predicted octanol–water partition coefficient (Wildman–Crippen LogP) is 2.05. The molecule has 0 saturated heterocycles. The zero-order valence-electron chi connectivity index (χ0n) is 8.65. The van der Waals surface area contributed by atoms with Gasteiger partial charge in [0.1, 0.15) is 0 Å². The second-order valence-corrected chi connectivity index (χ2v) is 4.72. The van der Waals surface area contributed by atoms with Gasteiger partial charge in [-0.15, -0.1) is 0 Å². The van der Waals surface area contributed by atoms with Gasteiger partial charge in [0, 0.05) is 5.92 Å². The molecule has 0 aromatic rings. The molecule has 3 fully saturated rings. The molecule has 0 aliphatic heterocycles. The van der Waals surface area contributed by atoms with E-state index in [1.165, 1.54) is 12.8 Å². The summed E-state index contributed by atoms with van der Waals surface area (Å²) in [5.41, 5.74) is 0. The van der Waals surface area contributed by atoms with Gasteiger partial charge in [0.15, 0.2) is 11.7 Å². The van der Waals surface area contributed by atoms with Crippen LogP contribution in [0.25, 0.3) is 0 Å². The van der Waals surface area contributed by atoms with Crippen molar-refractivity contribution >= 4 is 5.78 Å². The topological polar surface area (TPSA) is 64.7 Å². The van der Waals surface area contributed by atoms with Gasteiger partial charge in [0.25, 0.3) is 0 Å². The van der Waals surface area contributed by atoms with Gasteiger partial charge in [-0.2, -0.15) is 10.5 Å². The summed E-state index contributed by atoms with van der Waals surface area (Å²) in [6.07, 6.45) is 5.62. The molecule has 2 bridgehead atoms. The van der Waals surface area contributed by atoms with Crippen LogP contribution in [0.5, 0.6) is 0 Å². The fourth-order valence-electron chi connectivity index (χ4n) is 3.10. The quantitative estimate of drug-likeness (QED) is 0.688. The highest BCUT2D eigenvalue weighted by Gasteiger charge is 2.41. The minimum absolute atomic E-state index is 0.00167. The number of carbonyl (C=O) groups is 1. The van der Waals surface area contributed by atoms with Crippen LogP contribution in [0.1, 0.15) is 32.1 Å². The van der Waals surface area contributed by atoms with E-state index >= 15 is 0 Å². The van der Waals surface area contributed by atoms with Crippen LogP contribution in [0, 0.1) is 46.3 Å². The number of carbonyl (C=O) groups excluding carboxylic acids is 1. The van der Waals surface area contributed by atoms with Crippen LogP contribution in [-0.4, -0.2) is 5.78 Å². The van der Waals surface area contributed by atoms with Crippen molar-refractivity contribution in [3.63, 3.8) is 0 Å². The second-order valence-electron chi connectivity index (χ2n) is 4.72. The molecule has 0 heterocycles. The Hall–Kier alpha value is -1.35. The lowest BCUT2D eigenvalue weighted by atomic mass is 9.62. The van der Waals surface area contributed by atoms with Gasteiger partial charge in [0.2, 0.25) is 0 Å².